The van der Waals surface area contributed by atoms with Crippen LogP contribution in [0.3, 0.4) is 0 Å². The number of hydrogen-bond acceptors (Lipinski definition) is 3. The van der Waals surface area contributed by atoms with Crippen molar-refractivity contribution in [3.05, 3.63) is 59.9 Å². The summed E-state index contributed by atoms with van der Waals surface area (Å²) < 4.78 is 13.8. The summed E-state index contributed by atoms with van der Waals surface area (Å²) in [6.45, 7) is 2.06. The molecule has 1 aliphatic rings. The highest BCUT2D eigenvalue weighted by Gasteiger charge is 2.24. The van der Waals surface area contributed by atoms with Gasteiger partial charge in [-0.15, -0.1) is 24.0 Å². The van der Waals surface area contributed by atoms with Gasteiger partial charge >= 0.3 is 0 Å². The second-order valence-electron chi connectivity index (χ2n) is 7.14. The summed E-state index contributed by atoms with van der Waals surface area (Å²) in [5.41, 5.74) is 2.63. The summed E-state index contributed by atoms with van der Waals surface area (Å²) in [6, 6.07) is 14.7. The van der Waals surface area contributed by atoms with Crippen molar-refractivity contribution in [1.29, 1.82) is 0 Å². The molecule has 8 heteroatoms. The number of halogens is 2. The van der Waals surface area contributed by atoms with Crippen LogP contribution in [0, 0.1) is 5.82 Å². The summed E-state index contributed by atoms with van der Waals surface area (Å²) in [5, 5.41) is 9.52. The summed E-state index contributed by atoms with van der Waals surface area (Å²) >= 11 is 0. The van der Waals surface area contributed by atoms with E-state index in [1.54, 1.807) is 19.2 Å². The maximum Gasteiger partial charge on any atom is 0.225 e. The minimum atomic E-state index is -0.211. The molecule has 0 radical (unpaired) electrons. The largest absolute Gasteiger partial charge is 0.372 e. The Morgan fingerprint density at radius 1 is 1.20 bits per heavy atom. The number of carbonyl (C=O) groups excluding carboxylic acids is 1. The normalized spacial score (nSPS) is 15.5. The van der Waals surface area contributed by atoms with E-state index >= 15 is 0 Å². The first-order chi connectivity index (χ1) is 14.1. The van der Waals surface area contributed by atoms with Crippen molar-refractivity contribution in [2.45, 2.75) is 18.8 Å². The van der Waals surface area contributed by atoms with E-state index in [4.69, 9.17) is 0 Å². The van der Waals surface area contributed by atoms with Gasteiger partial charge in [0.25, 0.3) is 0 Å². The van der Waals surface area contributed by atoms with E-state index < -0.39 is 0 Å². The van der Waals surface area contributed by atoms with E-state index in [9.17, 15) is 9.18 Å². The molecule has 3 rings (SSSR count). The summed E-state index contributed by atoms with van der Waals surface area (Å²) in [5.74, 6) is 0.625. The monoisotopic (exact) mass is 525 g/mol. The number of fused-ring (bicyclic) bond motifs is 1. The molecule has 3 N–H and O–H groups in total. The van der Waals surface area contributed by atoms with Crippen molar-refractivity contribution >= 4 is 47.2 Å². The Hall–Kier alpha value is -2.36. The summed E-state index contributed by atoms with van der Waals surface area (Å²) in [7, 11) is 3.61. The van der Waals surface area contributed by atoms with E-state index in [0.717, 1.165) is 24.2 Å². The Morgan fingerprint density at radius 2 is 1.93 bits per heavy atom. The molecule has 0 aliphatic carbocycles. The van der Waals surface area contributed by atoms with E-state index in [1.165, 1.54) is 6.07 Å². The number of rotatable bonds is 7. The van der Waals surface area contributed by atoms with Crippen LogP contribution in [0.4, 0.5) is 15.8 Å². The number of benzene rings is 2. The standard InChI is InChI=1S/C22H28FN5O.HI/c1-24-22(25-12-7-13-28(2)20-11-6-4-9-18(20)23)26-15-16-14-21(29)27-19-10-5-3-8-17(16)19;/h3-6,8-11,16H,7,12-15H2,1-2H3,(H,27,29)(H2,24,25,26);1H. The van der Waals surface area contributed by atoms with Crippen LogP contribution in [0.2, 0.25) is 0 Å². The third-order valence-corrected chi connectivity index (χ3v) is 5.07. The molecule has 0 aromatic heterocycles. The number of aliphatic imine (C=N–C) groups is 1. The van der Waals surface area contributed by atoms with E-state index in [2.05, 4.69) is 27.0 Å². The molecule has 0 fully saturated rings. The van der Waals surface area contributed by atoms with Gasteiger partial charge in [0.15, 0.2) is 5.96 Å². The fraction of sp³-hybridized carbons (Fsp3) is 0.364. The lowest BCUT2D eigenvalue weighted by atomic mass is 9.90. The molecule has 0 saturated carbocycles. The summed E-state index contributed by atoms with van der Waals surface area (Å²) in [6.07, 6.45) is 1.29. The highest BCUT2D eigenvalue weighted by atomic mass is 127. The van der Waals surface area contributed by atoms with E-state index in [-0.39, 0.29) is 41.6 Å². The van der Waals surface area contributed by atoms with E-state index in [1.807, 2.05) is 36.2 Å². The molecule has 1 aliphatic heterocycles. The Balaban J connectivity index is 0.00000320. The molecule has 2 aromatic carbocycles. The third-order valence-electron chi connectivity index (χ3n) is 5.07. The van der Waals surface area contributed by atoms with Crippen molar-refractivity contribution in [3.63, 3.8) is 0 Å². The smallest absolute Gasteiger partial charge is 0.225 e. The number of nitrogens with one attached hydrogen (secondary N) is 3. The van der Waals surface area contributed by atoms with Crippen LogP contribution < -0.4 is 20.9 Å². The Morgan fingerprint density at radius 3 is 2.70 bits per heavy atom. The molecule has 1 heterocycles. The van der Waals surface area contributed by atoms with Gasteiger partial charge < -0.3 is 20.9 Å². The average molecular weight is 525 g/mol. The maximum atomic E-state index is 13.8. The number of anilines is 2. The molecule has 1 unspecified atom stereocenters. The highest BCUT2D eigenvalue weighted by molar-refractivity contribution is 14.0. The first-order valence-corrected chi connectivity index (χ1v) is 9.87. The topological polar surface area (TPSA) is 68.8 Å². The van der Waals surface area contributed by atoms with Crippen LogP contribution >= 0.6 is 24.0 Å². The van der Waals surface area contributed by atoms with Gasteiger partial charge in [-0.05, 0) is 30.2 Å². The fourth-order valence-electron chi connectivity index (χ4n) is 3.53. The van der Waals surface area contributed by atoms with Gasteiger partial charge in [-0.1, -0.05) is 30.3 Å². The SMILES string of the molecule is CN=C(NCCCN(C)c1ccccc1F)NCC1CC(=O)Nc2ccccc21.I. The number of para-hydroxylation sites is 2. The number of guanidine groups is 1. The van der Waals surface area contributed by atoms with Crippen LogP contribution in [0.15, 0.2) is 53.5 Å². The quantitative estimate of drug-likeness (QED) is 0.224. The molecule has 6 nitrogen and oxygen atoms in total. The Labute approximate surface area is 194 Å². The number of carbonyl (C=O) groups is 1. The highest BCUT2D eigenvalue weighted by Crippen LogP contribution is 2.31. The van der Waals surface area contributed by atoms with Gasteiger partial charge in [-0.2, -0.15) is 0 Å². The molecule has 0 spiro atoms. The molecular formula is C22H29FIN5O. The molecule has 0 saturated heterocycles. The maximum absolute atomic E-state index is 13.8. The van der Waals surface area contributed by atoms with Crippen molar-refractivity contribution in [3.8, 4) is 0 Å². The second-order valence-corrected chi connectivity index (χ2v) is 7.14. The van der Waals surface area contributed by atoms with Gasteiger partial charge in [0.05, 0.1) is 5.69 Å². The molecule has 2 aromatic rings. The van der Waals surface area contributed by atoms with Gasteiger partial charge in [0.1, 0.15) is 5.82 Å². The van der Waals surface area contributed by atoms with Gasteiger partial charge in [-0.3, -0.25) is 9.79 Å². The first-order valence-electron chi connectivity index (χ1n) is 9.87. The molecule has 1 amide bonds. The number of hydrogen-bond donors (Lipinski definition) is 3. The zero-order valence-corrected chi connectivity index (χ0v) is 19.7. The fourth-order valence-corrected chi connectivity index (χ4v) is 3.53. The molecule has 1 atom stereocenters. The molecule has 162 valence electrons. The van der Waals surface area contributed by atoms with Crippen molar-refractivity contribution in [2.75, 3.05) is 43.9 Å². The van der Waals surface area contributed by atoms with Gasteiger partial charge in [0.2, 0.25) is 5.91 Å². The van der Waals surface area contributed by atoms with E-state index in [0.29, 0.717) is 31.2 Å². The van der Waals surface area contributed by atoms with Crippen LogP contribution in [-0.2, 0) is 4.79 Å². The Bertz CT molecular complexity index is 876. The van der Waals surface area contributed by atoms with Crippen molar-refractivity contribution < 1.29 is 9.18 Å². The lowest BCUT2D eigenvalue weighted by Gasteiger charge is -2.26. The minimum absolute atomic E-state index is 0. The number of amides is 1. The van der Waals surface area contributed by atoms with Crippen LogP contribution in [0.25, 0.3) is 0 Å². The van der Waals surface area contributed by atoms with Crippen LogP contribution in [-0.4, -0.2) is 45.6 Å². The average Bonchev–Trinajstić information content (AvgIpc) is 2.73. The predicted molar refractivity (Wildman–Crippen MR) is 131 cm³/mol. The third kappa shape index (κ3) is 6.32. The second kappa shape index (κ2) is 11.7. The lowest BCUT2D eigenvalue weighted by molar-refractivity contribution is -0.116. The summed E-state index contributed by atoms with van der Waals surface area (Å²) in [4.78, 5) is 18.1. The first kappa shape index (κ1) is 23.9. The predicted octanol–water partition coefficient (Wildman–Crippen LogP) is 3.56. The molecular weight excluding hydrogens is 496 g/mol. The Kier molecular flexibility index (Phi) is 9.35. The lowest BCUT2D eigenvalue weighted by Crippen LogP contribution is -2.41. The number of nitrogens with zero attached hydrogens (tertiary/aromatic N) is 2. The minimum Gasteiger partial charge on any atom is -0.372 e. The van der Waals surface area contributed by atoms with Crippen LogP contribution in [0.1, 0.15) is 24.3 Å². The van der Waals surface area contributed by atoms with Gasteiger partial charge in [-0.25, -0.2) is 4.39 Å². The molecule has 30 heavy (non-hydrogen) atoms. The van der Waals surface area contributed by atoms with Gasteiger partial charge in [0, 0.05) is 51.8 Å². The zero-order chi connectivity index (χ0) is 20.6. The van der Waals surface area contributed by atoms with Crippen molar-refractivity contribution in [2.24, 2.45) is 4.99 Å². The van der Waals surface area contributed by atoms with Crippen molar-refractivity contribution in [1.82, 2.24) is 10.6 Å². The molecule has 0 bridgehead atoms. The van der Waals surface area contributed by atoms with Crippen LogP contribution in [0.5, 0.6) is 0 Å². The zero-order valence-electron chi connectivity index (χ0n) is 17.3.